The highest BCUT2D eigenvalue weighted by atomic mass is 16.6. The molecule has 0 unspecified atom stereocenters. The molecular formula is C21H19N3O6. The van der Waals surface area contributed by atoms with Gasteiger partial charge in [0, 0.05) is 11.8 Å². The summed E-state index contributed by atoms with van der Waals surface area (Å²) in [6, 6.07) is 14.4. The zero-order chi connectivity index (χ0) is 21.8. The summed E-state index contributed by atoms with van der Waals surface area (Å²) in [5.41, 5.74) is 1.25. The van der Waals surface area contributed by atoms with E-state index >= 15 is 0 Å². The third kappa shape index (κ3) is 4.30. The van der Waals surface area contributed by atoms with Crippen molar-refractivity contribution in [2.45, 2.75) is 13.8 Å². The molecule has 0 saturated carbocycles. The van der Waals surface area contributed by atoms with Gasteiger partial charge >= 0.3 is 5.69 Å². The monoisotopic (exact) mass is 409 g/mol. The van der Waals surface area contributed by atoms with Gasteiger partial charge in [0.2, 0.25) is 5.75 Å². The summed E-state index contributed by atoms with van der Waals surface area (Å²) in [6.45, 7) is 3.63. The Morgan fingerprint density at radius 3 is 2.00 bits per heavy atom. The van der Waals surface area contributed by atoms with Crippen molar-refractivity contribution in [3.63, 3.8) is 0 Å². The third-order valence-electron chi connectivity index (χ3n) is 4.46. The largest absolute Gasteiger partial charge is 0.497 e. The molecule has 154 valence electrons. The highest BCUT2D eigenvalue weighted by molar-refractivity contribution is 5.75. The van der Waals surface area contributed by atoms with Crippen LogP contribution in [0.15, 0.2) is 54.6 Å². The first-order valence-corrected chi connectivity index (χ1v) is 8.92. The Balaban J connectivity index is 2.10. The Kier molecular flexibility index (Phi) is 5.82. The van der Waals surface area contributed by atoms with E-state index in [-0.39, 0.29) is 11.4 Å². The van der Waals surface area contributed by atoms with E-state index in [0.29, 0.717) is 17.2 Å². The number of anilines is 2. The maximum absolute atomic E-state index is 11.6. The molecule has 3 aromatic rings. The van der Waals surface area contributed by atoms with Crippen LogP contribution in [0.25, 0.3) is 0 Å². The van der Waals surface area contributed by atoms with Crippen LogP contribution in [-0.4, -0.2) is 17.0 Å². The molecule has 3 rings (SSSR count). The molecule has 0 radical (unpaired) electrons. The van der Waals surface area contributed by atoms with Gasteiger partial charge < -0.3 is 14.8 Å². The summed E-state index contributed by atoms with van der Waals surface area (Å²) in [5.74, 6) is 0.988. The Labute approximate surface area is 172 Å². The second-order valence-corrected chi connectivity index (χ2v) is 6.53. The number of nitrogens with zero attached hydrogens (tertiary/aromatic N) is 2. The first kappa shape index (κ1) is 20.6. The molecule has 0 fully saturated rings. The van der Waals surface area contributed by atoms with E-state index in [1.807, 2.05) is 32.0 Å². The highest BCUT2D eigenvalue weighted by Crippen LogP contribution is 2.42. The van der Waals surface area contributed by atoms with Gasteiger partial charge in [0.05, 0.1) is 17.0 Å². The summed E-state index contributed by atoms with van der Waals surface area (Å²) in [4.78, 5) is 21.7. The van der Waals surface area contributed by atoms with Crippen LogP contribution in [0, 0.1) is 34.1 Å². The molecule has 30 heavy (non-hydrogen) atoms. The van der Waals surface area contributed by atoms with Gasteiger partial charge in [-0.2, -0.15) is 0 Å². The fourth-order valence-corrected chi connectivity index (χ4v) is 2.93. The standard InChI is InChI=1S/C21H19N3O6/c1-13-5-4-6-14(2)21(13)30-20-11-17(18(23(25)26)12-19(20)24(27)28)22-15-7-9-16(29-3)10-8-15/h4-12,22H,1-3H3. The summed E-state index contributed by atoms with van der Waals surface area (Å²) >= 11 is 0. The number of rotatable bonds is 7. The fourth-order valence-electron chi connectivity index (χ4n) is 2.93. The van der Waals surface area contributed by atoms with E-state index in [0.717, 1.165) is 17.2 Å². The van der Waals surface area contributed by atoms with Crippen LogP contribution in [-0.2, 0) is 0 Å². The Hall–Kier alpha value is -4.14. The third-order valence-corrected chi connectivity index (χ3v) is 4.46. The van der Waals surface area contributed by atoms with Crippen LogP contribution in [0.1, 0.15) is 11.1 Å². The Morgan fingerprint density at radius 1 is 0.867 bits per heavy atom. The Bertz CT molecular complexity index is 1090. The number of methoxy groups -OCH3 is 1. The lowest BCUT2D eigenvalue weighted by Gasteiger charge is -2.14. The average Bonchev–Trinajstić information content (AvgIpc) is 2.71. The Morgan fingerprint density at radius 2 is 1.47 bits per heavy atom. The quantitative estimate of drug-likeness (QED) is 0.395. The second-order valence-electron chi connectivity index (χ2n) is 6.53. The molecule has 0 spiro atoms. The molecule has 0 saturated heterocycles. The van der Waals surface area contributed by atoms with Crippen molar-refractivity contribution in [2.75, 3.05) is 12.4 Å². The second kappa shape index (κ2) is 8.48. The minimum atomic E-state index is -0.701. The van der Waals surface area contributed by atoms with E-state index in [1.165, 1.54) is 13.2 Å². The molecular weight excluding hydrogens is 390 g/mol. The van der Waals surface area contributed by atoms with Gasteiger partial charge in [0.1, 0.15) is 23.3 Å². The molecule has 0 aromatic heterocycles. The number of para-hydroxylation sites is 1. The first-order chi connectivity index (χ1) is 14.3. The average molecular weight is 409 g/mol. The number of ether oxygens (including phenoxy) is 2. The minimum absolute atomic E-state index is 0.0667. The highest BCUT2D eigenvalue weighted by Gasteiger charge is 2.27. The zero-order valence-corrected chi connectivity index (χ0v) is 16.5. The van der Waals surface area contributed by atoms with Crippen molar-refractivity contribution in [1.29, 1.82) is 0 Å². The van der Waals surface area contributed by atoms with E-state index in [2.05, 4.69) is 5.32 Å². The molecule has 0 aliphatic heterocycles. The number of hydrogen-bond donors (Lipinski definition) is 1. The molecule has 0 aliphatic carbocycles. The fraction of sp³-hybridized carbons (Fsp3) is 0.143. The SMILES string of the molecule is COc1ccc(Nc2cc(Oc3c(C)cccc3C)c([N+](=O)[O-])cc2[N+](=O)[O-])cc1. The summed E-state index contributed by atoms with van der Waals surface area (Å²) in [5, 5.41) is 26.0. The number of nitrogens with one attached hydrogen (secondary N) is 1. The molecule has 0 amide bonds. The van der Waals surface area contributed by atoms with Crippen LogP contribution in [0.3, 0.4) is 0 Å². The molecule has 0 heterocycles. The van der Waals surface area contributed by atoms with E-state index in [1.54, 1.807) is 24.3 Å². The van der Waals surface area contributed by atoms with Gasteiger partial charge in [0.15, 0.2) is 0 Å². The molecule has 0 aliphatic rings. The van der Waals surface area contributed by atoms with Gasteiger partial charge in [0.25, 0.3) is 5.69 Å². The lowest BCUT2D eigenvalue weighted by molar-refractivity contribution is -0.394. The van der Waals surface area contributed by atoms with Crippen LogP contribution in [0.2, 0.25) is 0 Å². The van der Waals surface area contributed by atoms with Crippen LogP contribution >= 0.6 is 0 Å². The van der Waals surface area contributed by atoms with Gasteiger partial charge in [-0.1, -0.05) is 18.2 Å². The van der Waals surface area contributed by atoms with Gasteiger partial charge in [-0.15, -0.1) is 0 Å². The lowest BCUT2D eigenvalue weighted by Crippen LogP contribution is -2.02. The number of hydrogen-bond acceptors (Lipinski definition) is 7. The maximum Gasteiger partial charge on any atom is 0.318 e. The van der Waals surface area contributed by atoms with Gasteiger partial charge in [-0.25, -0.2) is 0 Å². The molecule has 9 heteroatoms. The molecule has 0 atom stereocenters. The topological polar surface area (TPSA) is 117 Å². The first-order valence-electron chi connectivity index (χ1n) is 8.92. The number of benzene rings is 3. The van der Waals surface area contributed by atoms with E-state index in [9.17, 15) is 20.2 Å². The number of nitro benzene ring substituents is 2. The van der Waals surface area contributed by atoms with Crippen molar-refractivity contribution < 1.29 is 19.3 Å². The molecule has 0 bridgehead atoms. The van der Waals surface area contributed by atoms with Gasteiger partial charge in [-0.3, -0.25) is 20.2 Å². The molecule has 3 aromatic carbocycles. The number of nitro groups is 2. The van der Waals surface area contributed by atoms with Gasteiger partial charge in [-0.05, 0) is 49.2 Å². The van der Waals surface area contributed by atoms with Crippen molar-refractivity contribution in [3.05, 3.63) is 86.0 Å². The molecule has 9 nitrogen and oxygen atoms in total. The predicted octanol–water partition coefficient (Wildman–Crippen LogP) is 5.66. The maximum atomic E-state index is 11.6. The summed E-state index contributed by atoms with van der Waals surface area (Å²) in [7, 11) is 1.53. The predicted molar refractivity (Wildman–Crippen MR) is 112 cm³/mol. The van der Waals surface area contributed by atoms with Crippen LogP contribution in [0.5, 0.6) is 17.2 Å². The van der Waals surface area contributed by atoms with Crippen molar-refractivity contribution >= 4 is 22.7 Å². The normalized spacial score (nSPS) is 10.4. The number of aryl methyl sites for hydroxylation is 2. The van der Waals surface area contributed by atoms with Crippen LogP contribution < -0.4 is 14.8 Å². The van der Waals surface area contributed by atoms with E-state index in [4.69, 9.17) is 9.47 Å². The van der Waals surface area contributed by atoms with E-state index < -0.39 is 21.2 Å². The van der Waals surface area contributed by atoms with Crippen LogP contribution in [0.4, 0.5) is 22.7 Å². The van der Waals surface area contributed by atoms with Crippen molar-refractivity contribution in [2.24, 2.45) is 0 Å². The summed E-state index contributed by atoms with van der Waals surface area (Å²) < 4.78 is 11.0. The smallest absolute Gasteiger partial charge is 0.318 e. The molecule has 1 N–H and O–H groups in total. The van der Waals surface area contributed by atoms with Crippen molar-refractivity contribution in [3.8, 4) is 17.2 Å². The van der Waals surface area contributed by atoms with Crippen molar-refractivity contribution in [1.82, 2.24) is 0 Å². The summed E-state index contributed by atoms with van der Waals surface area (Å²) in [6.07, 6.45) is 0. The zero-order valence-electron chi connectivity index (χ0n) is 16.5. The lowest BCUT2D eigenvalue weighted by atomic mass is 10.1. The minimum Gasteiger partial charge on any atom is -0.497 e.